The number of hydrogen-bond donors (Lipinski definition) is 2. The molecule has 14 heavy (non-hydrogen) atoms. The number of carbonyl (C=O) groups is 1. The smallest absolute Gasteiger partial charge is 0.323 e. The Kier molecular flexibility index (Phi) is 3.50. The van der Waals surface area contributed by atoms with Crippen molar-refractivity contribution in [2.75, 3.05) is 13.1 Å². The first-order valence-electron chi connectivity index (χ1n) is 5.23. The lowest BCUT2D eigenvalue weighted by atomic mass is 9.99. The highest BCUT2D eigenvalue weighted by Crippen LogP contribution is 2.27. The molecular weight excluding hydrogens is 180 g/mol. The minimum atomic E-state index is -1.08. The van der Waals surface area contributed by atoms with E-state index >= 15 is 0 Å². The zero-order valence-corrected chi connectivity index (χ0v) is 8.99. The molecular formula is C10H20N2O2. The predicted molar refractivity (Wildman–Crippen MR) is 55.1 cm³/mol. The highest BCUT2D eigenvalue weighted by molar-refractivity contribution is 5.77. The van der Waals surface area contributed by atoms with Gasteiger partial charge in [0.25, 0.3) is 0 Å². The Labute approximate surface area is 85.1 Å². The van der Waals surface area contributed by atoms with Crippen LogP contribution in [0.15, 0.2) is 0 Å². The van der Waals surface area contributed by atoms with E-state index in [1.165, 1.54) is 12.8 Å². The molecule has 1 saturated carbocycles. The number of aliphatic carboxylic acids is 1. The molecule has 0 amide bonds. The summed E-state index contributed by atoms with van der Waals surface area (Å²) in [7, 11) is 0. The maximum Gasteiger partial charge on any atom is 0.323 e. The quantitative estimate of drug-likeness (QED) is 0.661. The van der Waals surface area contributed by atoms with Crippen molar-refractivity contribution in [3.05, 3.63) is 0 Å². The number of rotatable bonds is 6. The van der Waals surface area contributed by atoms with Gasteiger partial charge in [0.15, 0.2) is 0 Å². The Hall–Kier alpha value is -0.610. The highest BCUT2D eigenvalue weighted by Gasteiger charge is 2.32. The number of carboxylic acids is 1. The Morgan fingerprint density at radius 2 is 2.21 bits per heavy atom. The van der Waals surface area contributed by atoms with Crippen molar-refractivity contribution < 1.29 is 9.90 Å². The molecule has 1 rings (SSSR count). The Bertz CT molecular complexity index is 212. The van der Waals surface area contributed by atoms with Crippen molar-refractivity contribution in [2.24, 2.45) is 5.73 Å². The lowest BCUT2D eigenvalue weighted by Crippen LogP contribution is -2.47. The van der Waals surface area contributed by atoms with Crippen LogP contribution in [0.3, 0.4) is 0 Å². The standard InChI is InChI=1S/C10H20N2O2/c1-3-12(8-4-5-8)7-6-10(2,11)9(13)14/h8H,3-7,11H2,1-2H3,(H,13,14). The van der Waals surface area contributed by atoms with Crippen LogP contribution in [-0.2, 0) is 4.79 Å². The normalized spacial score (nSPS) is 20.9. The van der Waals surface area contributed by atoms with E-state index in [1.54, 1.807) is 6.92 Å². The van der Waals surface area contributed by atoms with E-state index in [9.17, 15) is 4.79 Å². The predicted octanol–water partition coefficient (Wildman–Crippen LogP) is 0.663. The number of hydrogen-bond acceptors (Lipinski definition) is 3. The SMILES string of the molecule is CCN(CCC(C)(N)C(=O)O)C1CC1. The fraction of sp³-hybridized carbons (Fsp3) is 0.900. The van der Waals surface area contributed by atoms with Crippen LogP contribution < -0.4 is 5.73 Å². The van der Waals surface area contributed by atoms with Gasteiger partial charge in [-0.15, -0.1) is 0 Å². The maximum atomic E-state index is 10.8. The van der Waals surface area contributed by atoms with Crippen LogP contribution in [0.5, 0.6) is 0 Å². The van der Waals surface area contributed by atoms with E-state index in [0.717, 1.165) is 13.1 Å². The van der Waals surface area contributed by atoms with Crippen molar-refractivity contribution >= 4 is 5.97 Å². The summed E-state index contributed by atoms with van der Waals surface area (Å²) in [6.07, 6.45) is 3.02. The molecule has 1 unspecified atom stereocenters. The van der Waals surface area contributed by atoms with Gasteiger partial charge in [-0.1, -0.05) is 6.92 Å². The van der Waals surface area contributed by atoms with Gasteiger partial charge >= 0.3 is 5.97 Å². The summed E-state index contributed by atoms with van der Waals surface area (Å²) in [5.74, 6) is -0.913. The van der Waals surface area contributed by atoms with Gasteiger partial charge in [0.05, 0.1) is 0 Å². The van der Waals surface area contributed by atoms with Crippen LogP contribution in [-0.4, -0.2) is 40.6 Å². The third-order valence-electron chi connectivity index (χ3n) is 2.88. The molecule has 0 bridgehead atoms. The lowest BCUT2D eigenvalue weighted by molar-refractivity contribution is -0.143. The molecule has 0 spiro atoms. The first-order valence-corrected chi connectivity index (χ1v) is 5.23. The molecule has 82 valence electrons. The second-order valence-corrected chi connectivity index (χ2v) is 4.33. The second kappa shape index (κ2) is 4.28. The van der Waals surface area contributed by atoms with Crippen molar-refractivity contribution in [3.63, 3.8) is 0 Å². The molecule has 1 aliphatic carbocycles. The monoisotopic (exact) mass is 200 g/mol. The van der Waals surface area contributed by atoms with Crippen molar-refractivity contribution in [2.45, 2.75) is 44.7 Å². The molecule has 1 aliphatic rings. The number of nitrogens with two attached hydrogens (primary N) is 1. The number of nitrogens with zero attached hydrogens (tertiary/aromatic N) is 1. The van der Waals surface area contributed by atoms with Crippen molar-refractivity contribution in [1.82, 2.24) is 4.90 Å². The van der Waals surface area contributed by atoms with Gasteiger partial charge < -0.3 is 15.7 Å². The maximum absolute atomic E-state index is 10.8. The van der Waals surface area contributed by atoms with Gasteiger partial charge in [-0.25, -0.2) is 0 Å². The molecule has 0 aromatic carbocycles. The van der Waals surface area contributed by atoms with Gasteiger partial charge in [0.2, 0.25) is 0 Å². The Morgan fingerprint density at radius 3 is 2.57 bits per heavy atom. The molecule has 0 aliphatic heterocycles. The van der Waals surface area contributed by atoms with Gasteiger partial charge in [-0.2, -0.15) is 0 Å². The Balaban J connectivity index is 2.33. The molecule has 1 fully saturated rings. The van der Waals surface area contributed by atoms with E-state index < -0.39 is 11.5 Å². The van der Waals surface area contributed by atoms with Crippen molar-refractivity contribution in [1.29, 1.82) is 0 Å². The average molecular weight is 200 g/mol. The van der Waals surface area contributed by atoms with Crippen LogP contribution in [0.4, 0.5) is 0 Å². The topological polar surface area (TPSA) is 66.6 Å². The van der Waals surface area contributed by atoms with Crippen molar-refractivity contribution in [3.8, 4) is 0 Å². The van der Waals surface area contributed by atoms with Gasteiger partial charge in [-0.05, 0) is 32.7 Å². The van der Waals surface area contributed by atoms with Gasteiger partial charge in [0.1, 0.15) is 5.54 Å². The minimum absolute atomic E-state index is 0.521. The van der Waals surface area contributed by atoms with E-state index in [4.69, 9.17) is 10.8 Å². The lowest BCUT2D eigenvalue weighted by Gasteiger charge is -2.25. The zero-order chi connectivity index (χ0) is 10.8. The van der Waals surface area contributed by atoms with Crippen LogP contribution in [0.25, 0.3) is 0 Å². The fourth-order valence-corrected chi connectivity index (χ4v) is 1.52. The second-order valence-electron chi connectivity index (χ2n) is 4.33. The first-order chi connectivity index (χ1) is 6.47. The van der Waals surface area contributed by atoms with E-state index in [2.05, 4.69) is 11.8 Å². The fourth-order valence-electron chi connectivity index (χ4n) is 1.52. The van der Waals surface area contributed by atoms with E-state index in [0.29, 0.717) is 12.5 Å². The summed E-state index contributed by atoms with van der Waals surface area (Å²) >= 11 is 0. The summed E-state index contributed by atoms with van der Waals surface area (Å²) in [5, 5.41) is 8.84. The first kappa shape index (κ1) is 11.5. The van der Waals surface area contributed by atoms with Crippen LogP contribution in [0.1, 0.15) is 33.1 Å². The average Bonchev–Trinajstić information content (AvgIpc) is 2.89. The molecule has 4 heteroatoms. The number of carboxylic acid groups (broad SMARTS) is 1. The molecule has 0 heterocycles. The van der Waals surface area contributed by atoms with Crippen LogP contribution in [0, 0.1) is 0 Å². The minimum Gasteiger partial charge on any atom is -0.480 e. The summed E-state index contributed by atoms with van der Waals surface area (Å²) in [5.41, 5.74) is 4.58. The highest BCUT2D eigenvalue weighted by atomic mass is 16.4. The molecule has 0 aromatic rings. The molecule has 0 saturated heterocycles. The molecule has 3 N–H and O–H groups in total. The van der Waals surface area contributed by atoms with Gasteiger partial charge in [-0.3, -0.25) is 4.79 Å². The Morgan fingerprint density at radius 1 is 1.64 bits per heavy atom. The molecule has 4 nitrogen and oxygen atoms in total. The summed E-state index contributed by atoms with van der Waals surface area (Å²) in [4.78, 5) is 13.1. The molecule has 0 radical (unpaired) electrons. The van der Waals surface area contributed by atoms with Gasteiger partial charge in [0, 0.05) is 12.6 Å². The van der Waals surface area contributed by atoms with E-state index in [1.807, 2.05) is 0 Å². The summed E-state index contributed by atoms with van der Waals surface area (Å²) in [6, 6.07) is 0.685. The molecule has 1 atom stereocenters. The summed E-state index contributed by atoms with van der Waals surface area (Å²) in [6.45, 7) is 5.46. The third-order valence-corrected chi connectivity index (χ3v) is 2.88. The molecule has 0 aromatic heterocycles. The van der Waals surface area contributed by atoms with E-state index in [-0.39, 0.29) is 0 Å². The van der Waals surface area contributed by atoms with Crippen LogP contribution >= 0.6 is 0 Å². The third kappa shape index (κ3) is 2.96. The largest absolute Gasteiger partial charge is 0.480 e. The summed E-state index contributed by atoms with van der Waals surface area (Å²) < 4.78 is 0. The zero-order valence-electron chi connectivity index (χ0n) is 8.99. The van der Waals surface area contributed by atoms with Crippen LogP contribution in [0.2, 0.25) is 0 Å².